The predicted octanol–water partition coefficient (Wildman–Crippen LogP) is 4.06. The minimum Gasteiger partial charge on any atom is -0.497 e. The van der Waals surface area contributed by atoms with Crippen molar-refractivity contribution in [3.05, 3.63) is 77.6 Å². The average molecular weight is 402 g/mol. The summed E-state index contributed by atoms with van der Waals surface area (Å²) in [7, 11) is 3.18. The molecular formula is C23H22N4O3. The highest BCUT2D eigenvalue weighted by Gasteiger charge is 2.16. The van der Waals surface area contributed by atoms with Gasteiger partial charge in [0.2, 0.25) is 5.88 Å². The highest BCUT2D eigenvalue weighted by molar-refractivity contribution is 6.12. The standard InChI is InChI=1S/C23H22N4O3/c1-15-21(14-27(26-15)13-16-8-10-17(29-2)11-9-16)25-23(28)19-12-22(30-3)24-20-7-5-4-6-18(19)20/h4-12,14H,13H2,1-3H3,(H,25,28). The summed E-state index contributed by atoms with van der Waals surface area (Å²) in [6.07, 6.45) is 1.83. The van der Waals surface area contributed by atoms with Crippen molar-refractivity contribution >= 4 is 22.5 Å². The summed E-state index contributed by atoms with van der Waals surface area (Å²) in [6.45, 7) is 2.46. The van der Waals surface area contributed by atoms with Crippen LogP contribution in [0.5, 0.6) is 11.6 Å². The quantitative estimate of drug-likeness (QED) is 0.526. The van der Waals surface area contributed by atoms with E-state index in [1.54, 1.807) is 17.9 Å². The number of fused-ring (bicyclic) bond motifs is 1. The van der Waals surface area contributed by atoms with Crippen LogP contribution in [0.25, 0.3) is 10.9 Å². The summed E-state index contributed by atoms with van der Waals surface area (Å²) in [5.41, 5.74) is 3.69. The number of aromatic nitrogens is 3. The van der Waals surface area contributed by atoms with Gasteiger partial charge in [0.15, 0.2) is 0 Å². The monoisotopic (exact) mass is 402 g/mol. The first-order chi connectivity index (χ1) is 14.6. The Bertz CT molecular complexity index is 1200. The number of pyridine rings is 1. The third-order valence-corrected chi connectivity index (χ3v) is 4.84. The van der Waals surface area contributed by atoms with Gasteiger partial charge in [0, 0.05) is 17.6 Å². The lowest BCUT2D eigenvalue weighted by atomic mass is 10.1. The molecule has 2 aromatic heterocycles. The van der Waals surface area contributed by atoms with Gasteiger partial charge >= 0.3 is 0 Å². The molecule has 30 heavy (non-hydrogen) atoms. The van der Waals surface area contributed by atoms with Crippen molar-refractivity contribution in [3.8, 4) is 11.6 Å². The molecule has 0 saturated heterocycles. The summed E-state index contributed by atoms with van der Waals surface area (Å²) in [5, 5.41) is 8.26. The molecule has 7 nitrogen and oxygen atoms in total. The lowest BCUT2D eigenvalue weighted by molar-refractivity contribution is 0.102. The number of carbonyl (C=O) groups excluding carboxylic acids is 1. The predicted molar refractivity (Wildman–Crippen MR) is 115 cm³/mol. The number of hydrogen-bond donors (Lipinski definition) is 1. The van der Waals surface area contributed by atoms with E-state index in [2.05, 4.69) is 15.4 Å². The molecule has 0 aliphatic carbocycles. The maximum absolute atomic E-state index is 13.0. The van der Waals surface area contributed by atoms with E-state index in [-0.39, 0.29) is 5.91 Å². The molecule has 0 saturated carbocycles. The van der Waals surface area contributed by atoms with Crippen molar-refractivity contribution in [2.24, 2.45) is 0 Å². The minimum atomic E-state index is -0.237. The van der Waals surface area contributed by atoms with E-state index in [9.17, 15) is 4.79 Å². The number of rotatable bonds is 6. The Hall–Kier alpha value is -3.87. The first-order valence-electron chi connectivity index (χ1n) is 9.49. The maximum atomic E-state index is 13.0. The Morgan fingerprint density at radius 2 is 1.83 bits per heavy atom. The Kier molecular flexibility index (Phi) is 5.34. The van der Waals surface area contributed by atoms with Crippen molar-refractivity contribution in [1.82, 2.24) is 14.8 Å². The summed E-state index contributed by atoms with van der Waals surface area (Å²) in [5.74, 6) is 0.966. The first-order valence-corrected chi connectivity index (χ1v) is 9.49. The summed E-state index contributed by atoms with van der Waals surface area (Å²) < 4.78 is 12.3. The second-order valence-electron chi connectivity index (χ2n) is 6.86. The number of carbonyl (C=O) groups is 1. The molecule has 7 heteroatoms. The van der Waals surface area contributed by atoms with Crippen LogP contribution in [0.1, 0.15) is 21.6 Å². The third-order valence-electron chi connectivity index (χ3n) is 4.84. The minimum absolute atomic E-state index is 0.237. The number of benzene rings is 2. The van der Waals surface area contributed by atoms with Gasteiger partial charge in [-0.25, -0.2) is 4.98 Å². The van der Waals surface area contributed by atoms with Gasteiger partial charge in [0.1, 0.15) is 5.75 Å². The van der Waals surface area contributed by atoms with Crippen LogP contribution >= 0.6 is 0 Å². The molecule has 4 rings (SSSR count). The molecular weight excluding hydrogens is 380 g/mol. The van der Waals surface area contributed by atoms with Crippen molar-refractivity contribution in [2.45, 2.75) is 13.5 Å². The molecule has 2 aromatic carbocycles. The van der Waals surface area contributed by atoms with E-state index in [0.29, 0.717) is 29.2 Å². The molecule has 0 radical (unpaired) electrons. The van der Waals surface area contributed by atoms with E-state index < -0.39 is 0 Å². The molecule has 152 valence electrons. The number of nitrogens with zero attached hydrogens (tertiary/aromatic N) is 3. The zero-order chi connectivity index (χ0) is 21.1. The van der Waals surface area contributed by atoms with Crippen LogP contribution in [-0.2, 0) is 6.54 Å². The van der Waals surface area contributed by atoms with Gasteiger partial charge in [0.05, 0.1) is 43.2 Å². The second kappa shape index (κ2) is 8.24. The van der Waals surface area contributed by atoms with Crippen LogP contribution in [0.3, 0.4) is 0 Å². The number of amides is 1. The van der Waals surface area contributed by atoms with Gasteiger partial charge in [-0.05, 0) is 30.7 Å². The Morgan fingerprint density at radius 1 is 1.07 bits per heavy atom. The number of aryl methyl sites for hydroxylation is 1. The van der Waals surface area contributed by atoms with Crippen molar-refractivity contribution in [1.29, 1.82) is 0 Å². The zero-order valence-corrected chi connectivity index (χ0v) is 17.0. The van der Waals surface area contributed by atoms with E-state index in [0.717, 1.165) is 22.4 Å². The van der Waals surface area contributed by atoms with E-state index in [4.69, 9.17) is 9.47 Å². The van der Waals surface area contributed by atoms with Crippen LogP contribution in [0.15, 0.2) is 60.8 Å². The lowest BCUT2D eigenvalue weighted by Crippen LogP contribution is -2.13. The zero-order valence-electron chi connectivity index (χ0n) is 17.0. The highest BCUT2D eigenvalue weighted by atomic mass is 16.5. The average Bonchev–Trinajstić information content (AvgIpc) is 3.11. The highest BCUT2D eigenvalue weighted by Crippen LogP contribution is 2.24. The van der Waals surface area contributed by atoms with Crippen molar-refractivity contribution < 1.29 is 14.3 Å². The van der Waals surface area contributed by atoms with Crippen LogP contribution < -0.4 is 14.8 Å². The van der Waals surface area contributed by atoms with Crippen molar-refractivity contribution in [2.75, 3.05) is 19.5 Å². The maximum Gasteiger partial charge on any atom is 0.256 e. The van der Waals surface area contributed by atoms with Crippen LogP contribution in [-0.4, -0.2) is 34.9 Å². The fourth-order valence-electron chi connectivity index (χ4n) is 3.27. The van der Waals surface area contributed by atoms with Gasteiger partial charge in [-0.1, -0.05) is 30.3 Å². The number of para-hydroxylation sites is 1. The fourth-order valence-corrected chi connectivity index (χ4v) is 3.27. The number of methoxy groups -OCH3 is 2. The molecule has 0 atom stereocenters. The van der Waals surface area contributed by atoms with Crippen LogP contribution in [0.4, 0.5) is 5.69 Å². The second-order valence-corrected chi connectivity index (χ2v) is 6.86. The summed E-state index contributed by atoms with van der Waals surface area (Å²) >= 11 is 0. The van der Waals surface area contributed by atoms with E-state index in [1.165, 1.54) is 7.11 Å². The van der Waals surface area contributed by atoms with E-state index in [1.807, 2.05) is 61.7 Å². The van der Waals surface area contributed by atoms with Crippen molar-refractivity contribution in [3.63, 3.8) is 0 Å². The Balaban J connectivity index is 1.57. The molecule has 0 aliphatic rings. The molecule has 2 heterocycles. The third kappa shape index (κ3) is 3.96. The first kappa shape index (κ1) is 19.4. The smallest absolute Gasteiger partial charge is 0.256 e. The Labute approximate surface area is 174 Å². The van der Waals surface area contributed by atoms with Gasteiger partial charge < -0.3 is 14.8 Å². The number of anilines is 1. The molecule has 0 unspecified atom stereocenters. The molecule has 0 bridgehead atoms. The lowest BCUT2D eigenvalue weighted by Gasteiger charge is -2.09. The molecule has 0 spiro atoms. The Morgan fingerprint density at radius 3 is 2.57 bits per heavy atom. The molecule has 0 aliphatic heterocycles. The summed E-state index contributed by atoms with van der Waals surface area (Å²) in [6, 6.07) is 16.9. The van der Waals surface area contributed by atoms with Gasteiger partial charge in [-0.3, -0.25) is 9.48 Å². The summed E-state index contributed by atoms with van der Waals surface area (Å²) in [4.78, 5) is 17.4. The van der Waals surface area contributed by atoms with Gasteiger partial charge in [0.25, 0.3) is 5.91 Å². The fraction of sp³-hybridized carbons (Fsp3) is 0.174. The largest absolute Gasteiger partial charge is 0.497 e. The van der Waals surface area contributed by atoms with Crippen LogP contribution in [0, 0.1) is 6.92 Å². The SMILES string of the molecule is COc1ccc(Cn2cc(NC(=O)c3cc(OC)nc4ccccc34)c(C)n2)cc1. The number of nitrogens with one attached hydrogen (secondary N) is 1. The molecule has 1 N–H and O–H groups in total. The number of hydrogen-bond acceptors (Lipinski definition) is 5. The topological polar surface area (TPSA) is 78.3 Å². The van der Waals surface area contributed by atoms with Crippen LogP contribution in [0.2, 0.25) is 0 Å². The van der Waals surface area contributed by atoms with Gasteiger partial charge in [-0.15, -0.1) is 0 Å². The van der Waals surface area contributed by atoms with Gasteiger partial charge in [-0.2, -0.15) is 5.10 Å². The molecule has 4 aromatic rings. The molecule has 0 fully saturated rings. The molecule has 1 amide bonds. The normalized spacial score (nSPS) is 10.8. The number of ether oxygens (including phenoxy) is 2. The van der Waals surface area contributed by atoms with E-state index >= 15 is 0 Å².